The number of aromatic amines is 1. The summed E-state index contributed by atoms with van der Waals surface area (Å²) in [7, 11) is 0. The van der Waals surface area contributed by atoms with Crippen LogP contribution in [-0.4, -0.2) is 4.98 Å². The summed E-state index contributed by atoms with van der Waals surface area (Å²) in [4.78, 5) is 3.23. The normalized spacial score (nSPS) is 10.6. The van der Waals surface area contributed by atoms with Gasteiger partial charge in [0, 0.05) is 0 Å². The SMILES string of the molecule is [Au][c]1cc2ccccc2[nH]1. The van der Waals surface area contributed by atoms with Crippen LogP contribution in [0.1, 0.15) is 0 Å². The summed E-state index contributed by atoms with van der Waals surface area (Å²) in [6.45, 7) is 0. The van der Waals surface area contributed by atoms with Gasteiger partial charge in [0.05, 0.1) is 0 Å². The summed E-state index contributed by atoms with van der Waals surface area (Å²) in [5, 5.41) is 1.28. The van der Waals surface area contributed by atoms with Crippen molar-refractivity contribution in [2.75, 3.05) is 0 Å². The molecule has 10 heavy (non-hydrogen) atoms. The van der Waals surface area contributed by atoms with Crippen LogP contribution in [0.5, 0.6) is 0 Å². The topological polar surface area (TPSA) is 15.8 Å². The summed E-state index contributed by atoms with van der Waals surface area (Å²) in [5.74, 6) is 0. The van der Waals surface area contributed by atoms with Crippen molar-refractivity contribution >= 4 is 14.8 Å². The van der Waals surface area contributed by atoms with Gasteiger partial charge in [-0.2, -0.15) is 0 Å². The van der Waals surface area contributed by atoms with E-state index in [1.54, 1.807) is 0 Å². The van der Waals surface area contributed by atoms with Crippen LogP contribution in [0, 0.1) is 0 Å². The maximum atomic E-state index is 3.23. The van der Waals surface area contributed by atoms with Crippen molar-refractivity contribution in [1.29, 1.82) is 0 Å². The van der Waals surface area contributed by atoms with Gasteiger partial charge in [0.2, 0.25) is 0 Å². The van der Waals surface area contributed by atoms with Crippen LogP contribution in [0.15, 0.2) is 30.3 Å². The molecule has 0 atom stereocenters. The van der Waals surface area contributed by atoms with Crippen molar-refractivity contribution in [1.82, 2.24) is 4.98 Å². The quantitative estimate of drug-likeness (QED) is 0.707. The number of hydrogen-bond donors (Lipinski definition) is 1. The average molecular weight is 313 g/mol. The van der Waals surface area contributed by atoms with Crippen LogP contribution in [-0.2, 0) is 21.1 Å². The van der Waals surface area contributed by atoms with Gasteiger partial charge in [0.1, 0.15) is 0 Å². The van der Waals surface area contributed by atoms with E-state index in [1.165, 1.54) is 14.8 Å². The van der Waals surface area contributed by atoms with Crippen molar-refractivity contribution in [2.45, 2.75) is 0 Å². The number of hydrogen-bond acceptors (Lipinski definition) is 0. The van der Waals surface area contributed by atoms with Crippen LogP contribution < -0.4 is 3.91 Å². The van der Waals surface area contributed by atoms with E-state index in [0.717, 1.165) is 0 Å². The molecule has 2 rings (SSSR count). The number of aromatic nitrogens is 1. The van der Waals surface area contributed by atoms with Gasteiger partial charge < -0.3 is 0 Å². The molecule has 0 aliphatic carbocycles. The van der Waals surface area contributed by atoms with E-state index in [9.17, 15) is 0 Å². The van der Waals surface area contributed by atoms with E-state index < -0.39 is 0 Å². The molecule has 0 bridgehead atoms. The van der Waals surface area contributed by atoms with Gasteiger partial charge in [-0.15, -0.1) is 0 Å². The second-order valence-corrected chi connectivity index (χ2v) is 3.33. The Bertz CT molecular complexity index is 318. The maximum absolute atomic E-state index is 3.23. The van der Waals surface area contributed by atoms with E-state index in [-0.39, 0.29) is 0 Å². The first kappa shape index (κ1) is 6.23. The Morgan fingerprint density at radius 2 is 2.00 bits per heavy atom. The Labute approximate surface area is 71.4 Å². The number of benzene rings is 1. The molecule has 54 valence electrons. The number of fused-ring (bicyclic) bond motifs is 1. The third kappa shape index (κ3) is 0.926. The summed E-state index contributed by atoms with van der Waals surface area (Å²) >= 11 is 2.45. The van der Waals surface area contributed by atoms with Crippen molar-refractivity contribution in [3.8, 4) is 0 Å². The summed E-state index contributed by atoms with van der Waals surface area (Å²) in [5.41, 5.74) is 1.21. The van der Waals surface area contributed by atoms with E-state index in [0.29, 0.717) is 0 Å². The average Bonchev–Trinajstić information content (AvgIpc) is 2.27. The first-order valence-electron chi connectivity index (χ1n) is 3.06. The first-order chi connectivity index (χ1) is 4.86. The van der Waals surface area contributed by atoms with Gasteiger partial charge >= 0.3 is 71.2 Å². The number of nitrogens with one attached hydrogen (secondary N) is 1. The third-order valence-corrected chi connectivity index (χ3v) is 2.06. The fourth-order valence-corrected chi connectivity index (χ4v) is 1.64. The number of rotatable bonds is 0. The molecule has 0 fully saturated rings. The molecular weight excluding hydrogens is 307 g/mol. The second-order valence-electron chi connectivity index (χ2n) is 2.16. The molecule has 1 aromatic heterocycles. The number of H-pyrrole nitrogens is 1. The third-order valence-electron chi connectivity index (χ3n) is 1.48. The van der Waals surface area contributed by atoms with Crippen molar-refractivity contribution < 1.29 is 21.1 Å². The van der Waals surface area contributed by atoms with Crippen molar-refractivity contribution in [3.05, 3.63) is 30.3 Å². The molecule has 1 aromatic carbocycles. The molecule has 1 N–H and O–H groups in total. The zero-order chi connectivity index (χ0) is 6.97. The van der Waals surface area contributed by atoms with Gasteiger partial charge in [-0.05, 0) is 0 Å². The molecule has 0 spiro atoms. The van der Waals surface area contributed by atoms with Gasteiger partial charge in [-0.1, -0.05) is 0 Å². The predicted octanol–water partition coefficient (Wildman–Crippen LogP) is 1.34. The standard InChI is InChI=1S/C8H6N.Au/c1-2-4-8-7(3-1)5-6-9-8;/h1-5,9H;. The Balaban J connectivity index is 2.88. The zero-order valence-corrected chi connectivity index (χ0v) is 7.35. The molecule has 0 saturated carbocycles. The van der Waals surface area contributed by atoms with Gasteiger partial charge in [0.15, 0.2) is 0 Å². The Kier molecular flexibility index (Phi) is 1.42. The number of para-hydroxylation sites is 1. The molecule has 0 amide bonds. The molecule has 0 saturated heterocycles. The Morgan fingerprint density at radius 1 is 1.20 bits per heavy atom. The van der Waals surface area contributed by atoms with Crippen molar-refractivity contribution in [3.63, 3.8) is 0 Å². The zero-order valence-electron chi connectivity index (χ0n) is 5.19. The summed E-state index contributed by atoms with van der Waals surface area (Å²) in [6.07, 6.45) is 0. The van der Waals surface area contributed by atoms with E-state index in [4.69, 9.17) is 0 Å². The van der Waals surface area contributed by atoms with E-state index >= 15 is 0 Å². The Hall–Kier alpha value is -0.500. The Morgan fingerprint density at radius 3 is 2.80 bits per heavy atom. The molecule has 1 nitrogen and oxygen atoms in total. The molecule has 2 aromatic rings. The molecule has 0 aliphatic heterocycles. The first-order valence-corrected chi connectivity index (χ1v) is 4.14. The van der Waals surface area contributed by atoms with E-state index in [2.05, 4.69) is 44.3 Å². The van der Waals surface area contributed by atoms with Crippen LogP contribution in [0.3, 0.4) is 0 Å². The molecule has 0 aliphatic rings. The molecule has 0 unspecified atom stereocenters. The minimum atomic E-state index is 1.17. The molecule has 0 radical (unpaired) electrons. The predicted molar refractivity (Wildman–Crippen MR) is 37.9 cm³/mol. The molecule has 1 heterocycles. The van der Waals surface area contributed by atoms with Gasteiger partial charge in [-0.25, -0.2) is 0 Å². The van der Waals surface area contributed by atoms with Crippen LogP contribution in [0.25, 0.3) is 10.9 Å². The van der Waals surface area contributed by atoms with Crippen LogP contribution in [0.4, 0.5) is 0 Å². The van der Waals surface area contributed by atoms with Gasteiger partial charge in [-0.3, -0.25) is 0 Å². The minimum absolute atomic E-state index is 1.17. The fraction of sp³-hybridized carbons (Fsp3) is 0. The van der Waals surface area contributed by atoms with Crippen LogP contribution >= 0.6 is 0 Å². The second kappa shape index (κ2) is 2.27. The fourth-order valence-electron chi connectivity index (χ4n) is 1.02. The van der Waals surface area contributed by atoms with Crippen molar-refractivity contribution in [2.24, 2.45) is 0 Å². The molecular formula is C8H6AuN. The molecule has 2 heteroatoms. The summed E-state index contributed by atoms with van der Waals surface area (Å²) in [6, 6.07) is 10.4. The van der Waals surface area contributed by atoms with Crippen LogP contribution in [0.2, 0.25) is 0 Å². The van der Waals surface area contributed by atoms with E-state index in [1.807, 2.05) is 12.1 Å². The van der Waals surface area contributed by atoms with Gasteiger partial charge in [0.25, 0.3) is 0 Å². The summed E-state index contributed by atoms with van der Waals surface area (Å²) < 4.78 is 1.17. The monoisotopic (exact) mass is 313 g/mol.